The molecule has 3 rings (SSSR count). The lowest BCUT2D eigenvalue weighted by Crippen LogP contribution is -2.52. The van der Waals surface area contributed by atoms with Gasteiger partial charge in [0.2, 0.25) is 0 Å². The molecule has 1 N–H and O–H groups in total. The first-order valence-electron chi connectivity index (χ1n) is 8.71. The summed E-state index contributed by atoms with van der Waals surface area (Å²) in [5.74, 6) is 3.72. The van der Waals surface area contributed by atoms with Gasteiger partial charge in [-0.2, -0.15) is 0 Å². The van der Waals surface area contributed by atoms with E-state index in [-0.39, 0.29) is 24.0 Å². The lowest BCUT2D eigenvalue weighted by atomic mass is 10.2. The fourth-order valence-corrected chi connectivity index (χ4v) is 3.20. The molecule has 3 heterocycles. The Kier molecular flexibility index (Phi) is 7.51. The first-order chi connectivity index (χ1) is 12.0. The Labute approximate surface area is 171 Å². The second-order valence-electron chi connectivity index (χ2n) is 6.53. The van der Waals surface area contributed by atoms with Crippen molar-refractivity contribution < 1.29 is 8.94 Å². The number of furan rings is 1. The van der Waals surface area contributed by atoms with Crippen LogP contribution in [0.4, 0.5) is 0 Å². The molecule has 0 bridgehead atoms. The van der Waals surface area contributed by atoms with E-state index in [4.69, 9.17) is 8.94 Å². The molecule has 26 heavy (non-hydrogen) atoms. The number of guanidine groups is 1. The Hall–Kier alpha value is -1.55. The van der Waals surface area contributed by atoms with E-state index in [9.17, 15) is 0 Å². The van der Waals surface area contributed by atoms with Gasteiger partial charge in [0.05, 0.1) is 5.69 Å². The molecule has 1 saturated heterocycles. The number of halogens is 1. The van der Waals surface area contributed by atoms with Gasteiger partial charge in [-0.15, -0.1) is 24.0 Å². The van der Waals surface area contributed by atoms with Gasteiger partial charge in [0, 0.05) is 57.9 Å². The summed E-state index contributed by atoms with van der Waals surface area (Å²) in [6.45, 7) is 11.3. The summed E-state index contributed by atoms with van der Waals surface area (Å²) in [5, 5.41) is 7.53. The highest BCUT2D eigenvalue weighted by molar-refractivity contribution is 14.0. The maximum atomic E-state index is 5.58. The first-order valence-corrected chi connectivity index (χ1v) is 8.71. The van der Waals surface area contributed by atoms with Crippen LogP contribution in [-0.4, -0.2) is 54.1 Å². The maximum Gasteiger partial charge on any atom is 0.194 e. The van der Waals surface area contributed by atoms with Crippen molar-refractivity contribution in [1.29, 1.82) is 0 Å². The molecule has 144 valence electrons. The van der Waals surface area contributed by atoms with Crippen LogP contribution in [0.15, 0.2) is 26.1 Å². The topological polar surface area (TPSA) is 70.0 Å². The summed E-state index contributed by atoms with van der Waals surface area (Å²) >= 11 is 0. The third-order valence-corrected chi connectivity index (χ3v) is 4.53. The lowest BCUT2D eigenvalue weighted by molar-refractivity contribution is 0.169. The Morgan fingerprint density at radius 2 is 1.88 bits per heavy atom. The number of hydrogen-bond donors (Lipinski definition) is 1. The zero-order valence-corrected chi connectivity index (χ0v) is 18.2. The van der Waals surface area contributed by atoms with Crippen molar-refractivity contribution in [1.82, 2.24) is 20.3 Å². The smallest absolute Gasteiger partial charge is 0.194 e. The number of aryl methyl sites for hydroxylation is 3. The number of hydrogen-bond acceptors (Lipinski definition) is 5. The summed E-state index contributed by atoms with van der Waals surface area (Å²) in [4.78, 5) is 9.12. The van der Waals surface area contributed by atoms with Gasteiger partial charge in [-0.3, -0.25) is 9.89 Å². The van der Waals surface area contributed by atoms with Crippen molar-refractivity contribution in [2.45, 2.75) is 33.9 Å². The van der Waals surface area contributed by atoms with Crippen LogP contribution >= 0.6 is 24.0 Å². The second-order valence-corrected chi connectivity index (χ2v) is 6.53. The van der Waals surface area contributed by atoms with Crippen LogP contribution in [0.5, 0.6) is 0 Å². The Bertz CT molecular complexity index is 732. The van der Waals surface area contributed by atoms with Crippen molar-refractivity contribution in [3.8, 4) is 0 Å². The van der Waals surface area contributed by atoms with Crippen LogP contribution in [0.2, 0.25) is 0 Å². The van der Waals surface area contributed by atoms with Crippen LogP contribution in [0.25, 0.3) is 0 Å². The molecular weight excluding hydrogens is 445 g/mol. The van der Waals surface area contributed by atoms with E-state index in [1.165, 1.54) is 5.56 Å². The minimum absolute atomic E-state index is 0. The number of nitrogens with one attached hydrogen (secondary N) is 1. The molecule has 1 fully saturated rings. The fourth-order valence-electron chi connectivity index (χ4n) is 3.20. The van der Waals surface area contributed by atoms with Crippen LogP contribution in [-0.2, 0) is 13.1 Å². The minimum Gasteiger partial charge on any atom is -0.466 e. The second kappa shape index (κ2) is 9.40. The van der Waals surface area contributed by atoms with Gasteiger partial charge in [0.1, 0.15) is 17.3 Å². The highest BCUT2D eigenvalue weighted by Gasteiger charge is 2.20. The van der Waals surface area contributed by atoms with Gasteiger partial charge in [-0.25, -0.2) is 0 Å². The van der Waals surface area contributed by atoms with Crippen molar-refractivity contribution in [2.24, 2.45) is 4.99 Å². The van der Waals surface area contributed by atoms with E-state index in [0.717, 1.165) is 68.2 Å². The predicted molar refractivity (Wildman–Crippen MR) is 112 cm³/mol. The van der Waals surface area contributed by atoms with Crippen LogP contribution in [0, 0.1) is 20.8 Å². The quantitative estimate of drug-likeness (QED) is 0.419. The molecule has 0 amide bonds. The van der Waals surface area contributed by atoms with Gasteiger partial charge in [-0.1, -0.05) is 5.16 Å². The Morgan fingerprint density at radius 1 is 1.15 bits per heavy atom. The van der Waals surface area contributed by atoms with Gasteiger partial charge in [0.25, 0.3) is 0 Å². The van der Waals surface area contributed by atoms with Crippen molar-refractivity contribution in [3.05, 3.63) is 40.7 Å². The zero-order chi connectivity index (χ0) is 17.8. The Morgan fingerprint density at radius 3 is 2.42 bits per heavy atom. The van der Waals surface area contributed by atoms with E-state index >= 15 is 0 Å². The van der Waals surface area contributed by atoms with Gasteiger partial charge in [0.15, 0.2) is 5.96 Å². The Balaban J connectivity index is 0.00000243. The molecule has 0 atom stereocenters. The molecule has 0 aliphatic carbocycles. The van der Waals surface area contributed by atoms with Gasteiger partial charge < -0.3 is 19.2 Å². The lowest BCUT2D eigenvalue weighted by Gasteiger charge is -2.36. The molecule has 1 aliphatic rings. The molecular formula is C18H28IN5O2. The van der Waals surface area contributed by atoms with E-state index in [1.54, 1.807) is 0 Å². The minimum atomic E-state index is 0. The fraction of sp³-hybridized carbons (Fsp3) is 0.556. The average Bonchev–Trinajstić information content (AvgIpc) is 3.14. The summed E-state index contributed by atoms with van der Waals surface area (Å²) in [7, 11) is 1.83. The predicted octanol–water partition coefficient (Wildman–Crippen LogP) is 2.70. The normalized spacial score (nSPS) is 15.8. The number of aliphatic imine (C=N–C) groups is 1. The summed E-state index contributed by atoms with van der Waals surface area (Å²) in [6.07, 6.45) is 0. The highest BCUT2D eigenvalue weighted by Crippen LogP contribution is 2.14. The number of rotatable bonds is 4. The number of nitrogens with zero attached hydrogens (tertiary/aromatic N) is 4. The molecule has 0 unspecified atom stereocenters. The van der Waals surface area contributed by atoms with Crippen molar-refractivity contribution in [2.75, 3.05) is 33.2 Å². The van der Waals surface area contributed by atoms with E-state index in [2.05, 4.69) is 31.3 Å². The number of piperazine rings is 1. The highest BCUT2D eigenvalue weighted by atomic mass is 127. The van der Waals surface area contributed by atoms with E-state index in [0.29, 0.717) is 0 Å². The van der Waals surface area contributed by atoms with E-state index < -0.39 is 0 Å². The molecule has 0 aromatic carbocycles. The summed E-state index contributed by atoms with van der Waals surface area (Å²) in [6, 6.07) is 4.08. The molecule has 8 heteroatoms. The molecule has 2 aromatic heterocycles. The largest absolute Gasteiger partial charge is 0.466 e. The van der Waals surface area contributed by atoms with Crippen LogP contribution < -0.4 is 5.32 Å². The molecule has 0 saturated carbocycles. The molecule has 2 aromatic rings. The third-order valence-electron chi connectivity index (χ3n) is 4.53. The molecule has 0 spiro atoms. The molecule has 0 radical (unpaired) electrons. The van der Waals surface area contributed by atoms with Gasteiger partial charge in [-0.05, 0) is 26.8 Å². The summed E-state index contributed by atoms with van der Waals surface area (Å²) in [5.41, 5.74) is 2.18. The number of aromatic nitrogens is 1. The average molecular weight is 473 g/mol. The van der Waals surface area contributed by atoms with Crippen molar-refractivity contribution >= 4 is 29.9 Å². The van der Waals surface area contributed by atoms with Crippen LogP contribution in [0.1, 0.15) is 28.5 Å². The standard InChI is InChI=1S/C18H27N5O2.HI/c1-13-9-16(15(3)24-13)11-20-18(19-4)23-7-5-22(6-8-23)12-17-10-14(2)25-21-17;/h9-10H,5-8,11-12H2,1-4H3,(H,19,20);1H. The molecule has 7 nitrogen and oxygen atoms in total. The van der Waals surface area contributed by atoms with Gasteiger partial charge >= 0.3 is 0 Å². The summed E-state index contributed by atoms with van der Waals surface area (Å²) < 4.78 is 10.7. The van der Waals surface area contributed by atoms with Crippen LogP contribution in [0.3, 0.4) is 0 Å². The molecule has 1 aliphatic heterocycles. The SMILES string of the molecule is CN=C(NCc1cc(C)oc1C)N1CCN(Cc2cc(C)on2)CC1.I. The zero-order valence-electron chi connectivity index (χ0n) is 15.9. The van der Waals surface area contributed by atoms with Crippen molar-refractivity contribution in [3.63, 3.8) is 0 Å². The van der Waals surface area contributed by atoms with E-state index in [1.807, 2.05) is 33.9 Å². The first kappa shape index (κ1) is 20.8. The monoisotopic (exact) mass is 473 g/mol. The third kappa shape index (κ3) is 5.23. The maximum absolute atomic E-state index is 5.58.